The monoisotopic (exact) mass is 348 g/mol. The molecule has 1 aliphatic heterocycles. The molecule has 2 atom stereocenters. The first-order valence-electron chi connectivity index (χ1n) is 9.13. The largest absolute Gasteiger partial charge is 0.496 e. The van der Waals surface area contributed by atoms with Gasteiger partial charge in [0, 0.05) is 24.7 Å². The predicted molar refractivity (Wildman–Crippen MR) is 94.5 cm³/mol. The first-order valence-corrected chi connectivity index (χ1v) is 9.13. The van der Waals surface area contributed by atoms with Crippen molar-refractivity contribution in [1.29, 1.82) is 0 Å². The molecule has 1 aliphatic carbocycles. The second-order valence-electron chi connectivity index (χ2n) is 6.77. The third-order valence-electron chi connectivity index (χ3n) is 5.23. The summed E-state index contributed by atoms with van der Waals surface area (Å²) in [5.41, 5.74) is 0.679. The van der Waals surface area contributed by atoms with Crippen molar-refractivity contribution in [1.82, 2.24) is 10.2 Å². The molecule has 1 saturated heterocycles. The fraction of sp³-hybridized carbons (Fsp3) is 0.632. The van der Waals surface area contributed by atoms with Crippen LogP contribution < -0.4 is 10.1 Å². The van der Waals surface area contributed by atoms with Gasteiger partial charge in [0.15, 0.2) is 0 Å². The lowest BCUT2D eigenvalue weighted by Gasteiger charge is -2.38. The molecule has 0 spiro atoms. The van der Waals surface area contributed by atoms with Gasteiger partial charge in [-0.3, -0.25) is 9.69 Å². The van der Waals surface area contributed by atoms with Crippen molar-refractivity contribution in [2.45, 2.75) is 43.9 Å². The number of carbonyl (C=O) groups is 1. The van der Waals surface area contributed by atoms with E-state index in [9.17, 15) is 9.90 Å². The van der Waals surface area contributed by atoms with Gasteiger partial charge in [-0.15, -0.1) is 0 Å². The number of ether oxygens (including phenoxy) is 2. The number of benzene rings is 1. The van der Waals surface area contributed by atoms with E-state index in [2.05, 4.69) is 10.2 Å². The van der Waals surface area contributed by atoms with Crippen LogP contribution in [0.4, 0.5) is 0 Å². The fourth-order valence-corrected chi connectivity index (χ4v) is 3.88. The van der Waals surface area contributed by atoms with Crippen LogP contribution in [0.1, 0.15) is 37.4 Å². The third-order valence-corrected chi connectivity index (χ3v) is 5.23. The van der Waals surface area contributed by atoms with E-state index in [4.69, 9.17) is 9.47 Å². The van der Waals surface area contributed by atoms with E-state index in [0.717, 1.165) is 19.4 Å². The summed E-state index contributed by atoms with van der Waals surface area (Å²) < 4.78 is 10.8. The van der Waals surface area contributed by atoms with Crippen LogP contribution in [0.3, 0.4) is 0 Å². The molecule has 2 N–H and O–H groups in total. The maximum Gasteiger partial charge on any atom is 0.239 e. The molecule has 6 nitrogen and oxygen atoms in total. The summed E-state index contributed by atoms with van der Waals surface area (Å²) in [5.74, 6) is 0.554. The molecule has 2 aliphatic rings. The number of rotatable bonds is 6. The lowest BCUT2D eigenvalue weighted by molar-refractivity contribution is -0.135. The summed E-state index contributed by atoms with van der Waals surface area (Å²) >= 11 is 0. The number of nitrogens with one attached hydrogen (secondary N) is 1. The standard InChI is InChI=1S/C19H28N2O4/c1-24-18-9-5-4-8-15(18)17(22)12-20-19(23)16-13-25-11-10-21(16)14-6-2-3-7-14/h4-5,8-9,14,16-17,22H,2-3,6-7,10-13H2,1H3,(H,20,23)/t16-,17-/m0/s1. The summed E-state index contributed by atoms with van der Waals surface area (Å²) in [6, 6.07) is 7.54. The van der Waals surface area contributed by atoms with Gasteiger partial charge in [0.2, 0.25) is 5.91 Å². The Balaban J connectivity index is 1.58. The summed E-state index contributed by atoms with van der Waals surface area (Å²) in [4.78, 5) is 15.0. The lowest BCUT2D eigenvalue weighted by Crippen LogP contribution is -2.57. The zero-order valence-corrected chi connectivity index (χ0v) is 14.8. The van der Waals surface area contributed by atoms with Crippen molar-refractivity contribution in [2.75, 3.05) is 33.4 Å². The highest BCUT2D eigenvalue weighted by molar-refractivity contribution is 5.82. The molecule has 0 radical (unpaired) electrons. The number of nitrogens with zero attached hydrogens (tertiary/aromatic N) is 1. The Morgan fingerprint density at radius 1 is 1.40 bits per heavy atom. The maximum atomic E-state index is 12.7. The second kappa shape index (κ2) is 8.65. The number of methoxy groups -OCH3 is 1. The van der Waals surface area contributed by atoms with Crippen LogP contribution >= 0.6 is 0 Å². The summed E-state index contributed by atoms with van der Waals surface area (Å²) in [6.07, 6.45) is 4.00. The molecule has 0 bridgehead atoms. The average Bonchev–Trinajstić information content (AvgIpc) is 3.20. The summed E-state index contributed by atoms with van der Waals surface area (Å²) in [7, 11) is 1.57. The molecule has 25 heavy (non-hydrogen) atoms. The van der Waals surface area contributed by atoms with E-state index in [1.54, 1.807) is 13.2 Å². The van der Waals surface area contributed by atoms with Gasteiger partial charge in [0.1, 0.15) is 11.8 Å². The number of hydrogen-bond donors (Lipinski definition) is 2. The highest BCUT2D eigenvalue weighted by Gasteiger charge is 2.35. The maximum absolute atomic E-state index is 12.7. The van der Waals surface area contributed by atoms with Crippen molar-refractivity contribution < 1.29 is 19.4 Å². The van der Waals surface area contributed by atoms with Crippen molar-refractivity contribution in [3.63, 3.8) is 0 Å². The second-order valence-corrected chi connectivity index (χ2v) is 6.77. The van der Waals surface area contributed by atoms with E-state index in [1.165, 1.54) is 12.8 Å². The van der Waals surface area contributed by atoms with Crippen LogP contribution in [0, 0.1) is 0 Å². The normalized spacial score (nSPS) is 23.4. The van der Waals surface area contributed by atoms with E-state index in [1.807, 2.05) is 18.2 Å². The van der Waals surface area contributed by atoms with Crippen LogP contribution in [0.25, 0.3) is 0 Å². The Kier molecular flexibility index (Phi) is 6.29. The molecule has 1 aromatic carbocycles. The minimum Gasteiger partial charge on any atom is -0.496 e. The smallest absolute Gasteiger partial charge is 0.239 e. The molecule has 1 aromatic rings. The quantitative estimate of drug-likeness (QED) is 0.815. The molecule has 0 aromatic heterocycles. The molecular formula is C19H28N2O4. The van der Waals surface area contributed by atoms with E-state index < -0.39 is 6.10 Å². The van der Waals surface area contributed by atoms with Gasteiger partial charge in [0.05, 0.1) is 26.4 Å². The fourth-order valence-electron chi connectivity index (χ4n) is 3.88. The lowest BCUT2D eigenvalue weighted by atomic mass is 10.1. The number of para-hydroxylation sites is 1. The molecule has 3 rings (SSSR count). The van der Waals surface area contributed by atoms with Crippen LogP contribution in [0.2, 0.25) is 0 Å². The molecule has 0 unspecified atom stereocenters. The number of aliphatic hydroxyl groups excluding tert-OH is 1. The molecule has 1 saturated carbocycles. The van der Waals surface area contributed by atoms with Gasteiger partial charge in [-0.2, -0.15) is 0 Å². The van der Waals surface area contributed by atoms with Gasteiger partial charge in [0.25, 0.3) is 0 Å². The number of amides is 1. The molecule has 1 amide bonds. The van der Waals surface area contributed by atoms with E-state index in [-0.39, 0.29) is 18.5 Å². The topological polar surface area (TPSA) is 71.0 Å². The highest BCUT2D eigenvalue weighted by Crippen LogP contribution is 2.27. The number of hydrogen-bond acceptors (Lipinski definition) is 5. The van der Waals surface area contributed by atoms with Crippen molar-refractivity contribution in [2.24, 2.45) is 0 Å². The van der Waals surface area contributed by atoms with Crippen LogP contribution in [-0.4, -0.2) is 61.4 Å². The predicted octanol–water partition coefficient (Wildman–Crippen LogP) is 1.49. The van der Waals surface area contributed by atoms with Gasteiger partial charge in [-0.25, -0.2) is 0 Å². The van der Waals surface area contributed by atoms with Crippen molar-refractivity contribution in [3.05, 3.63) is 29.8 Å². The molecule has 6 heteroatoms. The first-order chi connectivity index (χ1) is 12.2. The zero-order valence-electron chi connectivity index (χ0n) is 14.8. The van der Waals surface area contributed by atoms with Crippen molar-refractivity contribution >= 4 is 5.91 Å². The van der Waals surface area contributed by atoms with Gasteiger partial charge in [-0.1, -0.05) is 31.0 Å². The number of aliphatic hydroxyl groups is 1. The Bertz CT molecular complexity index is 574. The van der Waals surface area contributed by atoms with Gasteiger partial charge in [-0.05, 0) is 18.9 Å². The number of carbonyl (C=O) groups excluding carboxylic acids is 1. The Labute approximate surface area is 149 Å². The summed E-state index contributed by atoms with van der Waals surface area (Å²) in [6.45, 7) is 2.07. The summed E-state index contributed by atoms with van der Waals surface area (Å²) in [5, 5.41) is 13.3. The minimum absolute atomic E-state index is 0.0689. The number of morpholine rings is 1. The highest BCUT2D eigenvalue weighted by atomic mass is 16.5. The van der Waals surface area contributed by atoms with Crippen LogP contribution in [0.15, 0.2) is 24.3 Å². The molecule has 2 fully saturated rings. The SMILES string of the molecule is COc1ccccc1[C@@H](O)CNC(=O)[C@@H]1COCCN1C1CCCC1. The minimum atomic E-state index is -0.801. The first kappa shape index (κ1) is 18.2. The van der Waals surface area contributed by atoms with Crippen molar-refractivity contribution in [3.8, 4) is 5.75 Å². The van der Waals surface area contributed by atoms with Crippen LogP contribution in [0.5, 0.6) is 5.75 Å². The average molecular weight is 348 g/mol. The molecule has 138 valence electrons. The Morgan fingerprint density at radius 3 is 2.92 bits per heavy atom. The zero-order chi connectivity index (χ0) is 17.6. The van der Waals surface area contributed by atoms with E-state index >= 15 is 0 Å². The Morgan fingerprint density at radius 2 is 2.16 bits per heavy atom. The van der Waals surface area contributed by atoms with Gasteiger partial charge < -0.3 is 19.9 Å². The van der Waals surface area contributed by atoms with Gasteiger partial charge >= 0.3 is 0 Å². The van der Waals surface area contributed by atoms with E-state index in [0.29, 0.717) is 30.6 Å². The molecule has 1 heterocycles. The Hall–Kier alpha value is -1.63. The molecular weight excluding hydrogens is 320 g/mol. The van der Waals surface area contributed by atoms with Crippen LogP contribution in [-0.2, 0) is 9.53 Å². The third kappa shape index (κ3) is 4.32.